The Kier molecular flexibility index (Phi) is 2.65. The van der Waals surface area contributed by atoms with Gasteiger partial charge in [-0.25, -0.2) is 0 Å². The molecule has 2 heterocycles. The van der Waals surface area contributed by atoms with E-state index in [1.807, 2.05) is 0 Å². The van der Waals surface area contributed by atoms with Crippen molar-refractivity contribution in [2.24, 2.45) is 11.7 Å². The SMILES string of the molecule is NCC(O)(CN1CCn2cnnc2C1)C1CC1. The molecule has 0 aromatic carbocycles. The Hall–Kier alpha value is -0.980. The van der Waals surface area contributed by atoms with Gasteiger partial charge in [-0.3, -0.25) is 4.90 Å². The highest BCUT2D eigenvalue weighted by Gasteiger charge is 2.44. The van der Waals surface area contributed by atoms with Crippen LogP contribution in [0.3, 0.4) is 0 Å². The van der Waals surface area contributed by atoms with Gasteiger partial charge < -0.3 is 15.4 Å². The van der Waals surface area contributed by atoms with Crippen molar-refractivity contribution < 1.29 is 5.11 Å². The van der Waals surface area contributed by atoms with E-state index in [-0.39, 0.29) is 0 Å². The average Bonchev–Trinajstić information content (AvgIpc) is 3.09. The predicted octanol–water partition coefficient (Wildman–Crippen LogP) is -0.806. The maximum absolute atomic E-state index is 10.5. The van der Waals surface area contributed by atoms with Crippen molar-refractivity contribution in [3.8, 4) is 0 Å². The van der Waals surface area contributed by atoms with Gasteiger partial charge in [-0.05, 0) is 18.8 Å². The first kappa shape index (κ1) is 11.1. The Bertz CT molecular complexity index is 402. The number of aliphatic hydroxyl groups is 1. The first-order valence-electron chi connectivity index (χ1n) is 6.23. The van der Waals surface area contributed by atoms with E-state index >= 15 is 0 Å². The maximum Gasteiger partial charge on any atom is 0.147 e. The number of nitrogens with zero attached hydrogens (tertiary/aromatic N) is 4. The highest BCUT2D eigenvalue weighted by molar-refractivity contribution is 4.99. The number of aromatic nitrogens is 3. The van der Waals surface area contributed by atoms with Gasteiger partial charge in [0.15, 0.2) is 0 Å². The second-order valence-corrected chi connectivity index (χ2v) is 5.23. The number of rotatable bonds is 4. The van der Waals surface area contributed by atoms with Crippen LogP contribution in [0.4, 0.5) is 0 Å². The molecule has 1 aromatic rings. The molecule has 0 bridgehead atoms. The summed E-state index contributed by atoms with van der Waals surface area (Å²) in [5.41, 5.74) is 5.02. The zero-order chi connectivity index (χ0) is 11.9. The summed E-state index contributed by atoms with van der Waals surface area (Å²) < 4.78 is 2.06. The van der Waals surface area contributed by atoms with Crippen molar-refractivity contribution >= 4 is 0 Å². The minimum Gasteiger partial charge on any atom is -0.387 e. The summed E-state index contributed by atoms with van der Waals surface area (Å²) >= 11 is 0. The van der Waals surface area contributed by atoms with E-state index in [4.69, 9.17) is 5.73 Å². The van der Waals surface area contributed by atoms with Crippen molar-refractivity contribution in [1.82, 2.24) is 19.7 Å². The molecule has 1 aromatic heterocycles. The molecule has 0 spiro atoms. The van der Waals surface area contributed by atoms with Crippen molar-refractivity contribution in [2.45, 2.75) is 31.5 Å². The van der Waals surface area contributed by atoms with Crippen molar-refractivity contribution in [1.29, 1.82) is 0 Å². The highest BCUT2D eigenvalue weighted by Crippen LogP contribution is 2.39. The van der Waals surface area contributed by atoms with Crippen molar-refractivity contribution in [3.63, 3.8) is 0 Å². The minimum atomic E-state index is -0.706. The zero-order valence-corrected chi connectivity index (χ0v) is 9.92. The van der Waals surface area contributed by atoms with Gasteiger partial charge in [-0.15, -0.1) is 10.2 Å². The molecule has 6 nitrogen and oxygen atoms in total. The monoisotopic (exact) mass is 237 g/mol. The topological polar surface area (TPSA) is 80.2 Å². The summed E-state index contributed by atoms with van der Waals surface area (Å²) in [5, 5.41) is 18.5. The standard InChI is InChI=1S/C11H19N5O/c12-6-11(17,9-1-2-9)7-15-3-4-16-8-13-14-10(16)5-15/h8-9,17H,1-7,12H2. The number of hydrogen-bond donors (Lipinski definition) is 2. The molecule has 1 aliphatic heterocycles. The second kappa shape index (κ2) is 4.04. The zero-order valence-electron chi connectivity index (χ0n) is 9.92. The molecule has 6 heteroatoms. The van der Waals surface area contributed by atoms with Crippen LogP contribution in [-0.2, 0) is 13.1 Å². The van der Waals surface area contributed by atoms with Gasteiger partial charge in [0.25, 0.3) is 0 Å². The van der Waals surface area contributed by atoms with Gasteiger partial charge in [0.2, 0.25) is 0 Å². The molecular weight excluding hydrogens is 218 g/mol. The van der Waals surface area contributed by atoms with Gasteiger partial charge in [-0.1, -0.05) is 0 Å². The third-order valence-corrected chi connectivity index (χ3v) is 3.91. The fourth-order valence-electron chi connectivity index (χ4n) is 2.62. The maximum atomic E-state index is 10.5. The Morgan fingerprint density at radius 2 is 2.29 bits per heavy atom. The fourth-order valence-corrected chi connectivity index (χ4v) is 2.62. The van der Waals surface area contributed by atoms with E-state index in [1.54, 1.807) is 6.33 Å². The molecule has 1 atom stereocenters. The van der Waals surface area contributed by atoms with Gasteiger partial charge in [0, 0.05) is 26.2 Å². The third kappa shape index (κ3) is 2.08. The van der Waals surface area contributed by atoms with Crippen LogP contribution in [0, 0.1) is 5.92 Å². The van der Waals surface area contributed by atoms with Crippen LogP contribution >= 0.6 is 0 Å². The van der Waals surface area contributed by atoms with Crippen LogP contribution in [-0.4, -0.2) is 50.0 Å². The summed E-state index contributed by atoms with van der Waals surface area (Å²) in [6.07, 6.45) is 3.98. The van der Waals surface area contributed by atoms with Crippen LogP contribution in [0.25, 0.3) is 0 Å². The first-order chi connectivity index (χ1) is 8.21. The Balaban J connectivity index is 1.67. The lowest BCUT2D eigenvalue weighted by Gasteiger charge is -2.35. The molecule has 2 aliphatic rings. The summed E-state index contributed by atoms with van der Waals surface area (Å²) in [5.74, 6) is 1.37. The number of nitrogens with two attached hydrogens (primary N) is 1. The summed E-state index contributed by atoms with van der Waals surface area (Å²) in [7, 11) is 0. The van der Waals surface area contributed by atoms with Gasteiger partial charge in [-0.2, -0.15) is 0 Å². The lowest BCUT2D eigenvalue weighted by molar-refractivity contribution is -0.0150. The molecule has 1 fully saturated rings. The minimum absolute atomic E-state index is 0.348. The predicted molar refractivity (Wildman–Crippen MR) is 62.0 cm³/mol. The smallest absolute Gasteiger partial charge is 0.147 e. The lowest BCUT2D eigenvalue weighted by Crippen LogP contribution is -2.51. The van der Waals surface area contributed by atoms with Crippen LogP contribution in [0.5, 0.6) is 0 Å². The van der Waals surface area contributed by atoms with Crippen LogP contribution in [0.1, 0.15) is 18.7 Å². The van der Waals surface area contributed by atoms with Gasteiger partial charge in [0.1, 0.15) is 12.2 Å². The average molecular weight is 237 g/mol. The summed E-state index contributed by atoms with van der Waals surface area (Å²) in [6.45, 7) is 3.59. The number of fused-ring (bicyclic) bond motifs is 1. The van der Waals surface area contributed by atoms with E-state index < -0.39 is 5.60 Å². The highest BCUT2D eigenvalue weighted by atomic mass is 16.3. The molecule has 0 radical (unpaired) electrons. The fraction of sp³-hybridized carbons (Fsp3) is 0.818. The molecule has 17 heavy (non-hydrogen) atoms. The first-order valence-corrected chi connectivity index (χ1v) is 6.23. The van der Waals surface area contributed by atoms with Gasteiger partial charge in [0.05, 0.1) is 12.1 Å². The van der Waals surface area contributed by atoms with Crippen molar-refractivity contribution in [3.05, 3.63) is 12.2 Å². The van der Waals surface area contributed by atoms with Crippen molar-refractivity contribution in [2.75, 3.05) is 19.6 Å². The molecule has 0 saturated heterocycles. The normalized spacial score (nSPS) is 24.4. The Morgan fingerprint density at radius 1 is 1.47 bits per heavy atom. The van der Waals surface area contributed by atoms with Crippen LogP contribution in [0.15, 0.2) is 6.33 Å². The van der Waals surface area contributed by atoms with E-state index in [9.17, 15) is 5.11 Å². The van der Waals surface area contributed by atoms with E-state index in [1.165, 1.54) is 0 Å². The lowest BCUT2D eigenvalue weighted by atomic mass is 9.97. The molecule has 1 saturated carbocycles. The molecular formula is C11H19N5O. The second-order valence-electron chi connectivity index (χ2n) is 5.23. The van der Waals surface area contributed by atoms with Crippen LogP contribution in [0.2, 0.25) is 0 Å². The van der Waals surface area contributed by atoms with E-state index in [0.717, 1.165) is 38.3 Å². The molecule has 3 N–H and O–H groups in total. The molecule has 3 rings (SSSR count). The van der Waals surface area contributed by atoms with E-state index in [2.05, 4.69) is 19.7 Å². The van der Waals surface area contributed by atoms with Crippen LogP contribution < -0.4 is 5.73 Å². The Morgan fingerprint density at radius 3 is 3.00 bits per heavy atom. The third-order valence-electron chi connectivity index (χ3n) is 3.91. The summed E-state index contributed by atoms with van der Waals surface area (Å²) in [4.78, 5) is 2.23. The Labute approximate surface area is 100 Å². The van der Waals surface area contributed by atoms with Gasteiger partial charge >= 0.3 is 0 Å². The molecule has 1 aliphatic carbocycles. The largest absolute Gasteiger partial charge is 0.387 e. The number of β-amino-alcohol motifs (C(OH)–C–C–N with tert-alkyl or cyclic N) is 1. The van der Waals surface area contributed by atoms with E-state index in [0.29, 0.717) is 19.0 Å². The summed E-state index contributed by atoms with van der Waals surface area (Å²) in [6, 6.07) is 0. The molecule has 0 amide bonds. The molecule has 94 valence electrons. The number of hydrogen-bond acceptors (Lipinski definition) is 5. The molecule has 1 unspecified atom stereocenters. The quantitative estimate of drug-likeness (QED) is 0.716.